The van der Waals surface area contributed by atoms with Gasteiger partial charge in [0.05, 0.1) is 25.0 Å². The molecule has 0 bridgehead atoms. The lowest BCUT2D eigenvalue weighted by Crippen LogP contribution is -2.16. The monoisotopic (exact) mass is 402 g/mol. The van der Waals surface area contributed by atoms with Crippen LogP contribution in [0.3, 0.4) is 0 Å². The molecule has 1 fully saturated rings. The summed E-state index contributed by atoms with van der Waals surface area (Å²) in [4.78, 5) is 16.2. The molecule has 2 aromatic rings. The van der Waals surface area contributed by atoms with Crippen LogP contribution in [0.2, 0.25) is 10.2 Å². The summed E-state index contributed by atoms with van der Waals surface area (Å²) < 4.78 is 39.3. The van der Waals surface area contributed by atoms with Crippen LogP contribution < -0.4 is 14.8 Å². The molecule has 1 saturated carbocycles. The molecule has 1 amide bonds. The lowest BCUT2D eigenvalue weighted by molar-refractivity contribution is 0.102. The minimum atomic E-state index is -1.02. The number of hydrogen-bond donors (Lipinski definition) is 1. The summed E-state index contributed by atoms with van der Waals surface area (Å²) >= 11 is 11.7. The van der Waals surface area contributed by atoms with Crippen molar-refractivity contribution in [1.29, 1.82) is 0 Å². The molecule has 1 aliphatic rings. The van der Waals surface area contributed by atoms with Crippen LogP contribution in [-0.4, -0.2) is 24.6 Å². The van der Waals surface area contributed by atoms with Crippen molar-refractivity contribution < 1.29 is 23.0 Å². The fourth-order valence-corrected chi connectivity index (χ4v) is 2.58. The number of nitrogens with zero attached hydrogens (tertiary/aromatic N) is 1. The largest absolute Gasteiger partial charge is 0.490 e. The van der Waals surface area contributed by atoms with Crippen molar-refractivity contribution in [3.05, 3.63) is 45.7 Å². The Bertz CT molecular complexity index is 860. The minimum Gasteiger partial charge on any atom is -0.490 e. The van der Waals surface area contributed by atoms with Gasteiger partial charge in [-0.25, -0.2) is 13.8 Å². The van der Waals surface area contributed by atoms with Gasteiger partial charge in [-0.1, -0.05) is 23.2 Å². The number of ether oxygens (including phenoxy) is 2. The van der Waals surface area contributed by atoms with Crippen molar-refractivity contribution >= 4 is 34.8 Å². The molecule has 9 heteroatoms. The molecule has 26 heavy (non-hydrogen) atoms. The standard InChI is InChI=1S/C17H14Cl2F2N2O3/c1-25-14-10(20)6-9(13(21)15(14)26-7-8-2-3-8)17(24)23-11-4-5-22-16(19)12(11)18/h4-6,8H,2-3,7H2,1H3,(H,22,23,24). The minimum absolute atomic E-state index is 0.0119. The Labute approximate surface area is 158 Å². The number of methoxy groups -OCH3 is 1. The number of nitrogens with one attached hydrogen (secondary N) is 1. The number of hydrogen-bond acceptors (Lipinski definition) is 4. The second-order valence-corrected chi connectivity index (χ2v) is 6.49. The quantitative estimate of drug-likeness (QED) is 0.710. The Morgan fingerprint density at radius 2 is 2.08 bits per heavy atom. The Morgan fingerprint density at radius 1 is 1.35 bits per heavy atom. The van der Waals surface area contributed by atoms with E-state index in [2.05, 4.69) is 10.3 Å². The molecule has 0 spiro atoms. The van der Waals surface area contributed by atoms with Crippen molar-refractivity contribution in [1.82, 2.24) is 4.98 Å². The third kappa shape index (κ3) is 3.83. The predicted octanol–water partition coefficient (Wildman–Crippen LogP) is 4.72. The molecular weight excluding hydrogens is 389 g/mol. The summed E-state index contributed by atoms with van der Waals surface area (Å²) in [5.74, 6) is -3.35. The Kier molecular flexibility index (Phi) is 5.48. The molecule has 3 rings (SSSR count). The van der Waals surface area contributed by atoms with E-state index in [9.17, 15) is 13.6 Å². The number of pyridine rings is 1. The summed E-state index contributed by atoms with van der Waals surface area (Å²) in [6.07, 6.45) is 3.25. The highest BCUT2D eigenvalue weighted by Crippen LogP contribution is 2.38. The van der Waals surface area contributed by atoms with Crippen LogP contribution in [0.1, 0.15) is 23.2 Å². The van der Waals surface area contributed by atoms with E-state index in [1.807, 2.05) is 0 Å². The third-order valence-electron chi connectivity index (χ3n) is 3.83. The van der Waals surface area contributed by atoms with E-state index in [-0.39, 0.29) is 28.2 Å². The molecule has 1 N–H and O–H groups in total. The first-order valence-electron chi connectivity index (χ1n) is 7.72. The second-order valence-electron chi connectivity index (χ2n) is 5.75. The number of anilines is 1. The SMILES string of the molecule is COc1c(F)cc(C(=O)Nc2ccnc(Cl)c2Cl)c(F)c1OCC1CC1. The van der Waals surface area contributed by atoms with E-state index >= 15 is 0 Å². The molecular formula is C17H14Cl2F2N2O3. The summed E-state index contributed by atoms with van der Waals surface area (Å²) in [7, 11) is 1.19. The Hall–Kier alpha value is -2.12. The zero-order valence-electron chi connectivity index (χ0n) is 13.6. The molecule has 5 nitrogen and oxygen atoms in total. The van der Waals surface area contributed by atoms with Gasteiger partial charge in [0.1, 0.15) is 10.2 Å². The maximum atomic E-state index is 14.8. The van der Waals surface area contributed by atoms with Gasteiger partial charge in [-0.05, 0) is 30.9 Å². The molecule has 0 atom stereocenters. The average Bonchev–Trinajstić information content (AvgIpc) is 3.43. The van der Waals surface area contributed by atoms with E-state index < -0.39 is 28.9 Å². The lowest BCUT2D eigenvalue weighted by Gasteiger charge is -2.15. The van der Waals surface area contributed by atoms with Gasteiger partial charge >= 0.3 is 0 Å². The average molecular weight is 403 g/mol. The van der Waals surface area contributed by atoms with Crippen LogP contribution in [0.5, 0.6) is 11.5 Å². The van der Waals surface area contributed by atoms with E-state index in [1.165, 1.54) is 19.4 Å². The van der Waals surface area contributed by atoms with Gasteiger partial charge in [-0.15, -0.1) is 0 Å². The third-order valence-corrected chi connectivity index (χ3v) is 4.60. The van der Waals surface area contributed by atoms with Crippen molar-refractivity contribution in [2.45, 2.75) is 12.8 Å². The fraction of sp³-hybridized carbons (Fsp3) is 0.294. The number of aromatic nitrogens is 1. The van der Waals surface area contributed by atoms with Gasteiger partial charge in [0.15, 0.2) is 17.4 Å². The van der Waals surface area contributed by atoms with Crippen LogP contribution in [0.15, 0.2) is 18.3 Å². The van der Waals surface area contributed by atoms with Crippen LogP contribution in [-0.2, 0) is 0 Å². The number of carbonyl (C=O) groups excluding carboxylic acids is 1. The molecule has 1 aliphatic carbocycles. The first-order chi connectivity index (χ1) is 12.4. The molecule has 0 aliphatic heterocycles. The summed E-state index contributed by atoms with van der Waals surface area (Å²) in [6.45, 7) is 0.226. The first kappa shape index (κ1) is 18.7. The highest BCUT2D eigenvalue weighted by atomic mass is 35.5. The molecule has 0 radical (unpaired) electrons. The zero-order valence-corrected chi connectivity index (χ0v) is 15.1. The van der Waals surface area contributed by atoms with Crippen LogP contribution in [0.4, 0.5) is 14.5 Å². The van der Waals surface area contributed by atoms with E-state index in [0.717, 1.165) is 18.9 Å². The predicted molar refractivity (Wildman–Crippen MR) is 93.3 cm³/mol. The number of carbonyl (C=O) groups is 1. The normalized spacial score (nSPS) is 13.4. The molecule has 1 aromatic carbocycles. The summed E-state index contributed by atoms with van der Waals surface area (Å²) in [5.41, 5.74) is -0.425. The molecule has 138 valence electrons. The van der Waals surface area contributed by atoms with Crippen molar-refractivity contribution in [2.75, 3.05) is 19.0 Å². The van der Waals surface area contributed by atoms with Crippen LogP contribution in [0.25, 0.3) is 0 Å². The lowest BCUT2D eigenvalue weighted by atomic mass is 10.1. The van der Waals surface area contributed by atoms with E-state index in [0.29, 0.717) is 5.92 Å². The Morgan fingerprint density at radius 3 is 2.73 bits per heavy atom. The molecule has 0 unspecified atom stereocenters. The smallest absolute Gasteiger partial charge is 0.258 e. The van der Waals surface area contributed by atoms with Crippen LogP contribution in [0, 0.1) is 17.6 Å². The van der Waals surface area contributed by atoms with Crippen molar-refractivity contribution in [2.24, 2.45) is 5.92 Å². The van der Waals surface area contributed by atoms with Gasteiger partial charge in [0.25, 0.3) is 5.91 Å². The van der Waals surface area contributed by atoms with Gasteiger partial charge < -0.3 is 14.8 Å². The van der Waals surface area contributed by atoms with Gasteiger partial charge in [0.2, 0.25) is 5.75 Å². The molecule has 0 saturated heterocycles. The number of halogens is 4. The Balaban J connectivity index is 1.92. The maximum absolute atomic E-state index is 14.8. The van der Waals surface area contributed by atoms with Crippen molar-refractivity contribution in [3.63, 3.8) is 0 Å². The highest BCUT2D eigenvalue weighted by Gasteiger charge is 2.28. The van der Waals surface area contributed by atoms with Crippen LogP contribution >= 0.6 is 23.2 Å². The fourth-order valence-electron chi connectivity index (χ4n) is 2.26. The summed E-state index contributed by atoms with van der Waals surface area (Å²) in [6, 6.07) is 2.12. The number of rotatable bonds is 6. The van der Waals surface area contributed by atoms with Gasteiger partial charge in [0, 0.05) is 6.20 Å². The van der Waals surface area contributed by atoms with Crippen molar-refractivity contribution in [3.8, 4) is 11.5 Å². The second kappa shape index (κ2) is 7.63. The van der Waals surface area contributed by atoms with Gasteiger partial charge in [-0.3, -0.25) is 4.79 Å². The number of benzene rings is 1. The molecule has 1 aromatic heterocycles. The van der Waals surface area contributed by atoms with Gasteiger partial charge in [-0.2, -0.15) is 0 Å². The maximum Gasteiger partial charge on any atom is 0.258 e. The topological polar surface area (TPSA) is 60.5 Å². The first-order valence-corrected chi connectivity index (χ1v) is 8.48. The summed E-state index contributed by atoms with van der Waals surface area (Å²) in [5, 5.41) is 2.34. The van der Waals surface area contributed by atoms with E-state index in [1.54, 1.807) is 0 Å². The van der Waals surface area contributed by atoms with E-state index in [4.69, 9.17) is 32.7 Å². The number of amides is 1. The molecule has 1 heterocycles. The zero-order chi connectivity index (χ0) is 18.8. The highest BCUT2D eigenvalue weighted by molar-refractivity contribution is 6.43.